The average Bonchev–Trinajstić information content (AvgIpc) is 2.69. The third kappa shape index (κ3) is 7.86. The zero-order chi connectivity index (χ0) is 27.6. The monoisotopic (exact) mass is 475 g/mol. The van der Waals surface area contributed by atoms with E-state index in [9.17, 15) is 0 Å². The van der Waals surface area contributed by atoms with Crippen molar-refractivity contribution in [1.29, 1.82) is 0 Å². The van der Waals surface area contributed by atoms with Crippen molar-refractivity contribution in [2.24, 2.45) is 0 Å². The lowest BCUT2D eigenvalue weighted by Crippen LogP contribution is -2.23. The SMILES string of the molecule is C=Cc1cc(C=C)c(C(C)(C)C)c(C(C)(C)C)c1.CNc1cc(C)c(C(C)(C)C)c(C(C)(C)C)c1. The topological polar surface area (TPSA) is 12.0 Å². The third-order valence-corrected chi connectivity index (χ3v) is 6.39. The van der Waals surface area contributed by atoms with Gasteiger partial charge in [-0.2, -0.15) is 0 Å². The lowest BCUT2D eigenvalue weighted by Gasteiger charge is -2.32. The van der Waals surface area contributed by atoms with E-state index in [0.717, 1.165) is 0 Å². The summed E-state index contributed by atoms with van der Waals surface area (Å²) in [6.07, 6.45) is 3.87. The quantitative estimate of drug-likeness (QED) is 0.465. The first-order chi connectivity index (χ1) is 15.7. The Morgan fingerprint density at radius 3 is 1.40 bits per heavy atom. The number of anilines is 1. The molecule has 1 heteroatoms. The van der Waals surface area contributed by atoms with Gasteiger partial charge in [0.2, 0.25) is 0 Å². The second-order valence-corrected chi connectivity index (χ2v) is 13.9. The summed E-state index contributed by atoms with van der Waals surface area (Å²) in [6, 6.07) is 8.99. The van der Waals surface area contributed by atoms with Crippen molar-refractivity contribution in [3.05, 3.63) is 76.4 Å². The van der Waals surface area contributed by atoms with Gasteiger partial charge in [-0.1, -0.05) is 114 Å². The predicted molar refractivity (Wildman–Crippen MR) is 162 cm³/mol. The van der Waals surface area contributed by atoms with Crippen LogP contribution in [0.2, 0.25) is 0 Å². The second kappa shape index (κ2) is 10.8. The van der Waals surface area contributed by atoms with E-state index >= 15 is 0 Å². The molecular formula is C34H53N. The molecule has 0 saturated carbocycles. The van der Waals surface area contributed by atoms with Crippen molar-refractivity contribution in [3.8, 4) is 0 Å². The maximum Gasteiger partial charge on any atom is 0.0343 e. The van der Waals surface area contributed by atoms with Crippen LogP contribution in [-0.4, -0.2) is 7.05 Å². The molecule has 0 unspecified atom stereocenters. The molecule has 0 amide bonds. The van der Waals surface area contributed by atoms with Gasteiger partial charge < -0.3 is 5.32 Å². The molecule has 2 aromatic carbocycles. The van der Waals surface area contributed by atoms with Crippen molar-refractivity contribution >= 4 is 17.8 Å². The largest absolute Gasteiger partial charge is 0.388 e. The van der Waals surface area contributed by atoms with Crippen molar-refractivity contribution < 1.29 is 0 Å². The van der Waals surface area contributed by atoms with Crippen LogP contribution in [0.5, 0.6) is 0 Å². The zero-order valence-corrected chi connectivity index (χ0v) is 25.4. The van der Waals surface area contributed by atoms with E-state index in [2.05, 4.69) is 133 Å². The Morgan fingerprint density at radius 2 is 1.06 bits per heavy atom. The minimum Gasteiger partial charge on any atom is -0.388 e. The van der Waals surface area contributed by atoms with E-state index in [1.165, 1.54) is 44.6 Å². The molecule has 1 N–H and O–H groups in total. The van der Waals surface area contributed by atoms with Gasteiger partial charge in [0.05, 0.1) is 0 Å². The highest BCUT2D eigenvalue weighted by molar-refractivity contribution is 5.64. The first-order valence-electron chi connectivity index (χ1n) is 13.0. The van der Waals surface area contributed by atoms with E-state index in [1.54, 1.807) is 0 Å². The number of benzene rings is 2. The van der Waals surface area contributed by atoms with Gasteiger partial charge in [0.1, 0.15) is 0 Å². The summed E-state index contributed by atoms with van der Waals surface area (Å²) < 4.78 is 0. The van der Waals surface area contributed by atoms with Gasteiger partial charge in [0, 0.05) is 12.7 Å². The van der Waals surface area contributed by atoms with Gasteiger partial charge in [-0.15, -0.1) is 0 Å². The van der Waals surface area contributed by atoms with Crippen molar-refractivity contribution in [3.63, 3.8) is 0 Å². The molecule has 0 saturated heterocycles. The number of hydrogen-bond acceptors (Lipinski definition) is 1. The van der Waals surface area contributed by atoms with Crippen LogP contribution in [0.25, 0.3) is 12.2 Å². The van der Waals surface area contributed by atoms with Crippen LogP contribution in [-0.2, 0) is 21.7 Å². The van der Waals surface area contributed by atoms with Crippen molar-refractivity contribution in [2.45, 2.75) is 112 Å². The highest BCUT2D eigenvalue weighted by Crippen LogP contribution is 2.39. The molecule has 0 aliphatic heterocycles. The third-order valence-electron chi connectivity index (χ3n) is 6.39. The van der Waals surface area contributed by atoms with Crippen LogP contribution in [0.4, 0.5) is 5.69 Å². The molecule has 2 aromatic rings. The molecule has 0 aromatic heterocycles. The number of nitrogens with one attached hydrogen (secondary N) is 1. The summed E-state index contributed by atoms with van der Waals surface area (Å²) in [4.78, 5) is 0. The van der Waals surface area contributed by atoms with E-state index in [0.29, 0.717) is 0 Å². The Kier molecular flexibility index (Phi) is 9.46. The normalized spacial score (nSPS) is 12.5. The molecule has 194 valence electrons. The summed E-state index contributed by atoms with van der Waals surface area (Å²) in [7, 11) is 1.98. The second-order valence-electron chi connectivity index (χ2n) is 13.9. The van der Waals surface area contributed by atoms with Crippen LogP contribution >= 0.6 is 0 Å². The van der Waals surface area contributed by atoms with Crippen LogP contribution < -0.4 is 5.32 Å². The molecule has 0 radical (unpaired) electrons. The summed E-state index contributed by atoms with van der Waals surface area (Å²) in [6.45, 7) is 37.4. The fourth-order valence-corrected chi connectivity index (χ4v) is 4.91. The van der Waals surface area contributed by atoms with Gasteiger partial charge >= 0.3 is 0 Å². The van der Waals surface area contributed by atoms with E-state index in [4.69, 9.17) is 0 Å². The van der Waals surface area contributed by atoms with E-state index in [1.807, 2.05) is 19.2 Å². The molecule has 35 heavy (non-hydrogen) atoms. The van der Waals surface area contributed by atoms with Gasteiger partial charge in [-0.05, 0) is 85.7 Å². The standard InChI is InChI=1S/C18H26.C16H27N/c1-9-13-11-14(10-2)16(18(6,7)8)15(12-13)17(3,4)5;1-11-9-12(17-8)10-13(15(2,3)4)14(11)16(5,6)7/h9-12H,1-2H2,3-8H3;9-10,17H,1-8H3. The van der Waals surface area contributed by atoms with Crippen LogP contribution in [0.15, 0.2) is 37.4 Å². The molecule has 0 bridgehead atoms. The summed E-state index contributed by atoms with van der Waals surface area (Å²) >= 11 is 0. The Morgan fingerprint density at radius 1 is 0.600 bits per heavy atom. The first-order valence-corrected chi connectivity index (χ1v) is 13.0. The predicted octanol–water partition coefficient (Wildman–Crippen LogP) is 10.2. The summed E-state index contributed by atoms with van der Waals surface area (Å²) in [5, 5.41) is 3.26. The van der Waals surface area contributed by atoms with Crippen LogP contribution in [0.1, 0.15) is 122 Å². The lowest BCUT2D eigenvalue weighted by atomic mass is 9.72. The first kappa shape index (κ1) is 30.8. The molecular weight excluding hydrogens is 422 g/mol. The fraction of sp³-hybridized carbons (Fsp3) is 0.529. The number of rotatable bonds is 3. The van der Waals surface area contributed by atoms with Gasteiger partial charge in [-0.3, -0.25) is 0 Å². The van der Waals surface area contributed by atoms with Crippen LogP contribution in [0.3, 0.4) is 0 Å². The highest BCUT2D eigenvalue weighted by Gasteiger charge is 2.28. The Hall–Kier alpha value is -2.28. The minimum absolute atomic E-state index is 0.117. The summed E-state index contributed by atoms with van der Waals surface area (Å²) in [5.74, 6) is 0. The van der Waals surface area contributed by atoms with E-state index < -0.39 is 0 Å². The maximum absolute atomic E-state index is 3.97. The summed E-state index contributed by atoms with van der Waals surface area (Å²) in [5.41, 5.74) is 11.3. The van der Waals surface area contributed by atoms with Gasteiger partial charge in [-0.25, -0.2) is 0 Å². The Labute approximate surface area is 218 Å². The molecule has 0 spiro atoms. The highest BCUT2D eigenvalue weighted by atomic mass is 14.8. The van der Waals surface area contributed by atoms with Crippen molar-refractivity contribution in [1.82, 2.24) is 0 Å². The smallest absolute Gasteiger partial charge is 0.0343 e. The van der Waals surface area contributed by atoms with Crippen LogP contribution in [0, 0.1) is 6.92 Å². The lowest BCUT2D eigenvalue weighted by molar-refractivity contribution is 0.527. The van der Waals surface area contributed by atoms with Gasteiger partial charge in [0.25, 0.3) is 0 Å². The van der Waals surface area contributed by atoms with Crippen molar-refractivity contribution in [2.75, 3.05) is 12.4 Å². The molecule has 0 aliphatic carbocycles. The molecule has 0 fully saturated rings. The number of aryl methyl sites for hydroxylation is 1. The molecule has 0 aliphatic rings. The molecule has 2 rings (SSSR count). The average molecular weight is 476 g/mol. The molecule has 0 atom stereocenters. The fourth-order valence-electron chi connectivity index (χ4n) is 4.91. The number of hydrogen-bond donors (Lipinski definition) is 1. The Bertz CT molecular complexity index is 1040. The minimum atomic E-state index is 0.117. The maximum atomic E-state index is 3.97. The van der Waals surface area contributed by atoms with E-state index in [-0.39, 0.29) is 21.7 Å². The zero-order valence-electron chi connectivity index (χ0n) is 25.4. The Balaban J connectivity index is 0.000000351. The van der Waals surface area contributed by atoms with Gasteiger partial charge in [0.15, 0.2) is 0 Å². The molecule has 1 nitrogen and oxygen atoms in total. The molecule has 0 heterocycles.